The van der Waals surface area contributed by atoms with Gasteiger partial charge in [-0.2, -0.15) is 0 Å². The van der Waals surface area contributed by atoms with E-state index in [2.05, 4.69) is 10.3 Å². The van der Waals surface area contributed by atoms with Crippen molar-refractivity contribution in [1.29, 1.82) is 0 Å². The smallest absolute Gasteiger partial charge is 0.291 e. The Morgan fingerprint density at radius 3 is 2.69 bits per heavy atom. The second-order valence-corrected chi connectivity index (χ2v) is 9.25. The first kappa shape index (κ1) is 23.7. The molecule has 1 fully saturated rings. The van der Waals surface area contributed by atoms with Crippen LogP contribution < -0.4 is 20.5 Å². The molecule has 1 saturated carbocycles. The van der Waals surface area contributed by atoms with Gasteiger partial charge in [-0.25, -0.2) is 13.8 Å². The molecule has 8 nitrogen and oxygen atoms in total. The van der Waals surface area contributed by atoms with Crippen molar-refractivity contribution >= 4 is 39.1 Å². The van der Waals surface area contributed by atoms with Gasteiger partial charge in [0.15, 0.2) is 5.76 Å². The molecule has 0 unspecified atom stereocenters. The van der Waals surface area contributed by atoms with E-state index in [1.54, 1.807) is 37.4 Å². The molecule has 36 heavy (non-hydrogen) atoms. The number of nitrogens with two attached hydrogens (primary N) is 1. The molecule has 1 aliphatic carbocycles. The summed E-state index contributed by atoms with van der Waals surface area (Å²) < 4.78 is 43.3. The maximum absolute atomic E-state index is 13.4. The number of aromatic nitrogens is 1. The zero-order chi connectivity index (χ0) is 25.4. The lowest BCUT2D eigenvalue weighted by Crippen LogP contribution is -2.16. The molecule has 2 amide bonds. The van der Waals surface area contributed by atoms with Crippen molar-refractivity contribution in [3.63, 3.8) is 0 Å². The Kier molecular flexibility index (Phi) is 6.31. The summed E-state index contributed by atoms with van der Waals surface area (Å²) in [6, 6.07) is 11.5. The van der Waals surface area contributed by atoms with Crippen LogP contribution in [0.1, 0.15) is 62.4 Å². The molecular weight excluding hydrogens is 492 g/mol. The average Bonchev–Trinajstić information content (AvgIpc) is 3.49. The number of nitrogens with one attached hydrogen (secondary N) is 1. The molecule has 4 aromatic rings. The molecule has 0 spiro atoms. The number of rotatable bonds is 9. The van der Waals surface area contributed by atoms with Crippen LogP contribution in [0.25, 0.3) is 10.2 Å². The zero-order valence-electron chi connectivity index (χ0n) is 19.0. The van der Waals surface area contributed by atoms with E-state index in [0.29, 0.717) is 28.2 Å². The standard InChI is InChI=1S/C25H21F2N3O5S/c1-33-13-3-2-4-14(9-13)34-11-15-7-8-18(35-15)24(32)30-20-19-16(12-5-6-12)10-17(22(26)27)29-25(19)36-21(20)23(28)31/h2-4,7-10,12,22H,5-6,11H2,1H3,(H2,28,31)(H,30,32). The first-order chi connectivity index (χ1) is 17.3. The van der Waals surface area contributed by atoms with Gasteiger partial charge in [0.05, 0.1) is 12.8 Å². The van der Waals surface area contributed by atoms with E-state index in [9.17, 15) is 18.4 Å². The third-order valence-electron chi connectivity index (χ3n) is 5.72. The van der Waals surface area contributed by atoms with Crippen molar-refractivity contribution in [2.75, 3.05) is 12.4 Å². The van der Waals surface area contributed by atoms with Crippen LogP contribution in [0.2, 0.25) is 0 Å². The number of hydrogen-bond acceptors (Lipinski definition) is 7. The fourth-order valence-electron chi connectivity index (χ4n) is 3.87. The number of nitrogens with zero attached hydrogens (tertiary/aromatic N) is 1. The van der Waals surface area contributed by atoms with Crippen molar-refractivity contribution in [1.82, 2.24) is 4.98 Å². The molecule has 0 aliphatic heterocycles. The van der Waals surface area contributed by atoms with Crippen molar-refractivity contribution in [2.45, 2.75) is 31.8 Å². The zero-order valence-corrected chi connectivity index (χ0v) is 19.9. The van der Waals surface area contributed by atoms with Gasteiger partial charge in [-0.3, -0.25) is 9.59 Å². The van der Waals surface area contributed by atoms with E-state index in [-0.39, 0.29) is 39.4 Å². The van der Waals surface area contributed by atoms with Crippen LogP contribution in [-0.2, 0) is 6.61 Å². The maximum atomic E-state index is 13.4. The van der Waals surface area contributed by atoms with Crippen LogP contribution in [0, 0.1) is 0 Å². The quantitative estimate of drug-likeness (QED) is 0.299. The van der Waals surface area contributed by atoms with E-state index in [0.717, 1.165) is 24.2 Å². The van der Waals surface area contributed by atoms with E-state index >= 15 is 0 Å². The highest BCUT2D eigenvalue weighted by Crippen LogP contribution is 2.48. The van der Waals surface area contributed by atoms with Crippen molar-refractivity contribution < 1.29 is 32.3 Å². The number of benzene rings is 1. The summed E-state index contributed by atoms with van der Waals surface area (Å²) in [4.78, 5) is 29.5. The topological polar surface area (TPSA) is 117 Å². The fraction of sp³-hybridized carbons (Fsp3) is 0.240. The van der Waals surface area contributed by atoms with Gasteiger partial charge >= 0.3 is 0 Å². The number of thiophene rings is 1. The number of halogens is 2. The largest absolute Gasteiger partial charge is 0.497 e. The molecule has 186 valence electrons. The molecule has 5 rings (SSSR count). The Balaban J connectivity index is 1.40. The summed E-state index contributed by atoms with van der Waals surface area (Å²) in [5.74, 6) is 0.235. The van der Waals surface area contributed by atoms with Gasteiger partial charge < -0.3 is 24.9 Å². The van der Waals surface area contributed by atoms with E-state index in [1.165, 1.54) is 12.1 Å². The summed E-state index contributed by atoms with van der Waals surface area (Å²) in [6.45, 7) is 0.0700. The molecule has 0 saturated heterocycles. The summed E-state index contributed by atoms with van der Waals surface area (Å²) in [6.07, 6.45) is -1.11. The van der Waals surface area contributed by atoms with Crippen molar-refractivity contribution in [3.05, 3.63) is 70.1 Å². The molecule has 1 aromatic carbocycles. The number of carbonyl (C=O) groups is 2. The van der Waals surface area contributed by atoms with E-state index < -0.39 is 18.2 Å². The SMILES string of the molecule is COc1cccc(OCc2ccc(C(=O)Nc3c(C(N)=O)sc4nc(C(F)F)cc(C5CC5)c34)o2)c1. The maximum Gasteiger partial charge on any atom is 0.291 e. The number of primary amides is 1. The Morgan fingerprint density at radius 2 is 2.00 bits per heavy atom. The molecule has 0 atom stereocenters. The van der Waals surface area contributed by atoms with Gasteiger partial charge in [0.25, 0.3) is 18.2 Å². The Hall–Kier alpha value is -3.99. The minimum Gasteiger partial charge on any atom is -0.497 e. The third-order valence-corrected chi connectivity index (χ3v) is 6.82. The number of ether oxygens (including phenoxy) is 2. The normalized spacial score (nSPS) is 13.2. The van der Waals surface area contributed by atoms with Crippen LogP contribution in [0.5, 0.6) is 11.5 Å². The lowest BCUT2D eigenvalue weighted by atomic mass is 10.0. The number of carbonyl (C=O) groups excluding carboxylic acids is 2. The van der Waals surface area contributed by atoms with Crippen LogP contribution >= 0.6 is 11.3 Å². The van der Waals surface area contributed by atoms with Gasteiger partial charge in [-0.1, -0.05) is 6.07 Å². The Morgan fingerprint density at radius 1 is 1.22 bits per heavy atom. The highest BCUT2D eigenvalue weighted by atomic mass is 32.1. The highest BCUT2D eigenvalue weighted by molar-refractivity contribution is 7.21. The van der Waals surface area contributed by atoms with Crippen LogP contribution in [0.3, 0.4) is 0 Å². The molecule has 0 radical (unpaired) electrons. The van der Waals surface area contributed by atoms with Gasteiger partial charge in [-0.15, -0.1) is 11.3 Å². The number of fused-ring (bicyclic) bond motifs is 1. The first-order valence-corrected chi connectivity index (χ1v) is 11.9. The van der Waals surface area contributed by atoms with Crippen LogP contribution in [0.15, 0.2) is 46.9 Å². The predicted octanol–water partition coefficient (Wildman–Crippen LogP) is 5.64. The number of methoxy groups -OCH3 is 1. The van der Waals surface area contributed by atoms with Gasteiger partial charge in [0.1, 0.15) is 39.3 Å². The molecule has 3 heterocycles. The molecule has 3 aromatic heterocycles. The first-order valence-electron chi connectivity index (χ1n) is 11.1. The number of amides is 2. The second-order valence-electron chi connectivity index (χ2n) is 8.25. The molecule has 1 aliphatic rings. The predicted molar refractivity (Wildman–Crippen MR) is 129 cm³/mol. The number of anilines is 1. The number of pyridine rings is 1. The lowest BCUT2D eigenvalue weighted by Gasteiger charge is -2.09. The highest BCUT2D eigenvalue weighted by Gasteiger charge is 2.32. The third kappa shape index (κ3) is 4.74. The van der Waals surface area contributed by atoms with Gasteiger partial charge in [0.2, 0.25) is 0 Å². The number of furan rings is 1. The van der Waals surface area contributed by atoms with E-state index in [1.807, 2.05) is 0 Å². The molecular formula is C25H21F2N3O5S. The lowest BCUT2D eigenvalue weighted by molar-refractivity contribution is 0.0992. The summed E-state index contributed by atoms with van der Waals surface area (Å²) in [5, 5.41) is 3.16. The second kappa shape index (κ2) is 9.57. The Bertz CT molecular complexity index is 1460. The van der Waals surface area contributed by atoms with E-state index in [4.69, 9.17) is 19.6 Å². The Labute approximate surface area is 208 Å². The number of hydrogen-bond donors (Lipinski definition) is 2. The summed E-state index contributed by atoms with van der Waals surface area (Å²) >= 11 is 0.879. The molecule has 3 N–H and O–H groups in total. The summed E-state index contributed by atoms with van der Waals surface area (Å²) in [5.41, 5.74) is 5.96. The minimum atomic E-state index is -2.76. The molecule has 11 heteroatoms. The fourth-order valence-corrected chi connectivity index (χ4v) is 4.89. The molecule has 0 bridgehead atoms. The van der Waals surface area contributed by atoms with Gasteiger partial charge in [-0.05, 0) is 54.7 Å². The van der Waals surface area contributed by atoms with Gasteiger partial charge in [0, 0.05) is 11.5 Å². The van der Waals surface area contributed by atoms with Crippen molar-refractivity contribution in [2.24, 2.45) is 5.73 Å². The van der Waals surface area contributed by atoms with Crippen LogP contribution in [-0.4, -0.2) is 23.9 Å². The average molecular weight is 514 g/mol. The van der Waals surface area contributed by atoms with Crippen LogP contribution in [0.4, 0.5) is 14.5 Å². The van der Waals surface area contributed by atoms with Crippen molar-refractivity contribution in [3.8, 4) is 11.5 Å². The number of alkyl halides is 2. The summed E-state index contributed by atoms with van der Waals surface area (Å²) in [7, 11) is 1.55. The monoisotopic (exact) mass is 513 g/mol. The minimum absolute atomic E-state index is 0.0147.